The summed E-state index contributed by atoms with van der Waals surface area (Å²) in [4.78, 5) is 0. The molecule has 1 aromatic carbocycles. The lowest BCUT2D eigenvalue weighted by molar-refractivity contribution is 0.00578. The van der Waals surface area contributed by atoms with Crippen molar-refractivity contribution in [1.29, 1.82) is 0 Å². The van der Waals surface area contributed by atoms with Gasteiger partial charge in [-0.05, 0) is 70.6 Å². The number of ether oxygens (including phenoxy) is 1. The summed E-state index contributed by atoms with van der Waals surface area (Å²) in [5, 5.41) is 0. The molecule has 4 heteroatoms. The van der Waals surface area contributed by atoms with Crippen molar-refractivity contribution >= 4 is 12.6 Å². The van der Waals surface area contributed by atoms with Gasteiger partial charge in [-0.25, -0.2) is 0 Å². The van der Waals surface area contributed by atoms with E-state index in [1.807, 2.05) is 24.3 Å². The molecular formula is C18H25BO3. The summed E-state index contributed by atoms with van der Waals surface area (Å²) in [6.45, 7) is 8.28. The molecule has 0 saturated carbocycles. The van der Waals surface area contributed by atoms with Gasteiger partial charge < -0.3 is 14.0 Å². The molecule has 3 nitrogen and oxygen atoms in total. The van der Waals surface area contributed by atoms with Gasteiger partial charge in [-0.3, -0.25) is 0 Å². The van der Waals surface area contributed by atoms with E-state index in [-0.39, 0.29) is 24.4 Å². The van der Waals surface area contributed by atoms with Crippen molar-refractivity contribution in [1.82, 2.24) is 0 Å². The van der Waals surface area contributed by atoms with Crippen LogP contribution in [0.2, 0.25) is 0 Å². The van der Waals surface area contributed by atoms with Crippen LogP contribution in [0.15, 0.2) is 36.4 Å². The Bertz CT molecular complexity index is 549. The molecule has 3 rings (SSSR count). The normalized spacial score (nSPS) is 26.2. The quantitative estimate of drug-likeness (QED) is 0.632. The van der Waals surface area contributed by atoms with Gasteiger partial charge in [0.2, 0.25) is 0 Å². The number of hydrogen-bond acceptors (Lipinski definition) is 3. The highest BCUT2D eigenvalue weighted by Crippen LogP contribution is 2.36. The van der Waals surface area contributed by atoms with Crippen LogP contribution in [0.4, 0.5) is 0 Å². The Kier molecular flexibility index (Phi) is 4.08. The minimum absolute atomic E-state index is 0.183. The number of hydrogen-bond donors (Lipinski definition) is 0. The van der Waals surface area contributed by atoms with Crippen LogP contribution < -0.4 is 10.2 Å². The molecule has 1 aromatic rings. The lowest BCUT2D eigenvalue weighted by atomic mass is 9.79. The fraction of sp³-hybridized carbons (Fsp3) is 0.556. The van der Waals surface area contributed by atoms with Crippen molar-refractivity contribution in [2.24, 2.45) is 0 Å². The van der Waals surface area contributed by atoms with Crippen LogP contribution in [0.3, 0.4) is 0 Å². The highest BCUT2D eigenvalue weighted by molar-refractivity contribution is 6.62. The summed E-state index contributed by atoms with van der Waals surface area (Å²) in [6.07, 6.45) is 7.97. The molecule has 22 heavy (non-hydrogen) atoms. The average Bonchev–Trinajstić information content (AvgIpc) is 2.69. The molecule has 1 aliphatic carbocycles. The summed E-state index contributed by atoms with van der Waals surface area (Å²) >= 11 is 0. The van der Waals surface area contributed by atoms with Crippen LogP contribution in [-0.4, -0.2) is 24.4 Å². The molecular weight excluding hydrogens is 275 g/mol. The zero-order valence-electron chi connectivity index (χ0n) is 14.0. The molecule has 1 fully saturated rings. The Hall–Kier alpha value is -1.26. The van der Waals surface area contributed by atoms with E-state index >= 15 is 0 Å². The lowest BCUT2D eigenvalue weighted by Crippen LogP contribution is -2.41. The van der Waals surface area contributed by atoms with Crippen LogP contribution >= 0.6 is 0 Å². The zero-order chi connectivity index (χ0) is 15.8. The predicted molar refractivity (Wildman–Crippen MR) is 89.6 cm³/mol. The first-order chi connectivity index (χ1) is 10.4. The average molecular weight is 300 g/mol. The maximum absolute atomic E-state index is 6.10. The van der Waals surface area contributed by atoms with Gasteiger partial charge in [0.25, 0.3) is 0 Å². The lowest BCUT2D eigenvalue weighted by Gasteiger charge is -2.32. The van der Waals surface area contributed by atoms with Crippen molar-refractivity contribution in [3.05, 3.63) is 36.4 Å². The third-order valence-corrected chi connectivity index (χ3v) is 4.88. The minimum Gasteiger partial charge on any atom is -0.486 e. The van der Waals surface area contributed by atoms with Gasteiger partial charge in [-0.1, -0.05) is 18.2 Å². The number of allylic oxidation sites excluding steroid dienone is 1. The van der Waals surface area contributed by atoms with E-state index in [9.17, 15) is 0 Å². The molecule has 0 amide bonds. The maximum atomic E-state index is 6.10. The monoisotopic (exact) mass is 300 g/mol. The minimum atomic E-state index is -0.338. The van der Waals surface area contributed by atoms with Gasteiger partial charge in [-0.15, -0.1) is 0 Å². The van der Waals surface area contributed by atoms with Crippen molar-refractivity contribution in [2.45, 2.75) is 64.3 Å². The second kappa shape index (κ2) is 5.75. The first kappa shape index (κ1) is 15.6. The Balaban J connectivity index is 1.74. The van der Waals surface area contributed by atoms with Crippen LogP contribution in [0.1, 0.15) is 47.0 Å². The molecule has 0 aromatic heterocycles. The molecule has 1 heterocycles. The SMILES string of the molecule is CC1(C)OB(c2cccc(OC3C=CCCC3)c2)OC1(C)C. The first-order valence-electron chi connectivity index (χ1n) is 8.16. The van der Waals surface area contributed by atoms with E-state index in [0.29, 0.717) is 0 Å². The van der Waals surface area contributed by atoms with E-state index in [1.54, 1.807) is 0 Å². The Labute approximate surface area is 133 Å². The zero-order valence-corrected chi connectivity index (χ0v) is 14.0. The Morgan fingerprint density at radius 2 is 1.86 bits per heavy atom. The van der Waals surface area contributed by atoms with Crippen molar-refractivity contribution in [2.75, 3.05) is 0 Å². The second-order valence-corrected chi connectivity index (χ2v) is 7.18. The second-order valence-electron chi connectivity index (χ2n) is 7.18. The van der Waals surface area contributed by atoms with Crippen LogP contribution in [0.5, 0.6) is 5.75 Å². The molecule has 0 bridgehead atoms. The largest absolute Gasteiger partial charge is 0.494 e. The van der Waals surface area contributed by atoms with Crippen molar-refractivity contribution in [3.8, 4) is 5.75 Å². The number of rotatable bonds is 3. The topological polar surface area (TPSA) is 27.7 Å². The van der Waals surface area contributed by atoms with E-state index in [4.69, 9.17) is 14.0 Å². The number of benzene rings is 1. The van der Waals surface area contributed by atoms with Crippen LogP contribution in [-0.2, 0) is 9.31 Å². The van der Waals surface area contributed by atoms with Crippen molar-refractivity contribution < 1.29 is 14.0 Å². The highest BCUT2D eigenvalue weighted by atomic mass is 16.7. The molecule has 2 aliphatic rings. The first-order valence-corrected chi connectivity index (χ1v) is 8.16. The summed E-state index contributed by atoms with van der Waals surface area (Å²) in [5.74, 6) is 0.878. The fourth-order valence-electron chi connectivity index (χ4n) is 2.77. The van der Waals surface area contributed by atoms with Gasteiger partial charge in [0.15, 0.2) is 0 Å². The van der Waals surface area contributed by atoms with Gasteiger partial charge in [0.1, 0.15) is 11.9 Å². The predicted octanol–water partition coefficient (Wildman–Crippen LogP) is 3.47. The maximum Gasteiger partial charge on any atom is 0.494 e. The standard InChI is InChI=1S/C18H25BO3/c1-17(2)18(3,4)22-19(21-17)14-9-8-12-16(13-14)20-15-10-6-5-7-11-15/h6,8-10,12-13,15H,5,7,11H2,1-4H3. The van der Waals surface area contributed by atoms with Crippen molar-refractivity contribution in [3.63, 3.8) is 0 Å². The van der Waals surface area contributed by atoms with Gasteiger partial charge >= 0.3 is 7.12 Å². The summed E-state index contributed by atoms with van der Waals surface area (Å²) in [6, 6.07) is 8.07. The van der Waals surface area contributed by atoms with Crippen LogP contribution in [0, 0.1) is 0 Å². The molecule has 1 aliphatic heterocycles. The van der Waals surface area contributed by atoms with E-state index < -0.39 is 0 Å². The van der Waals surface area contributed by atoms with Gasteiger partial charge in [-0.2, -0.15) is 0 Å². The molecule has 118 valence electrons. The summed E-state index contributed by atoms with van der Waals surface area (Å²) in [7, 11) is -0.338. The van der Waals surface area contributed by atoms with E-state index in [2.05, 4.69) is 39.8 Å². The fourth-order valence-corrected chi connectivity index (χ4v) is 2.77. The molecule has 1 saturated heterocycles. The summed E-state index contributed by atoms with van der Waals surface area (Å²) < 4.78 is 18.3. The third-order valence-electron chi connectivity index (χ3n) is 4.88. The van der Waals surface area contributed by atoms with Gasteiger partial charge in [0, 0.05) is 0 Å². The molecule has 1 atom stereocenters. The molecule has 0 radical (unpaired) electrons. The molecule has 1 unspecified atom stereocenters. The third kappa shape index (κ3) is 3.08. The molecule has 0 N–H and O–H groups in total. The highest BCUT2D eigenvalue weighted by Gasteiger charge is 2.51. The molecule has 0 spiro atoms. The Morgan fingerprint density at radius 1 is 1.14 bits per heavy atom. The Morgan fingerprint density at radius 3 is 2.50 bits per heavy atom. The van der Waals surface area contributed by atoms with Gasteiger partial charge in [0.05, 0.1) is 11.2 Å². The summed E-state index contributed by atoms with van der Waals surface area (Å²) in [5.41, 5.74) is 0.373. The smallest absolute Gasteiger partial charge is 0.486 e. The van der Waals surface area contributed by atoms with E-state index in [1.165, 1.54) is 6.42 Å². The van der Waals surface area contributed by atoms with E-state index in [0.717, 1.165) is 24.1 Å². The van der Waals surface area contributed by atoms with Crippen LogP contribution in [0.25, 0.3) is 0 Å².